The molecule has 2 unspecified atom stereocenters. The number of ether oxygens (including phenoxy) is 2. The molecular formula is C25H47N3O5. The summed E-state index contributed by atoms with van der Waals surface area (Å²) in [5, 5.41) is 0. The van der Waals surface area contributed by atoms with Crippen molar-refractivity contribution in [3.63, 3.8) is 0 Å². The van der Waals surface area contributed by atoms with Crippen LogP contribution in [0.1, 0.15) is 67.2 Å². The van der Waals surface area contributed by atoms with E-state index >= 15 is 0 Å². The fourth-order valence-electron chi connectivity index (χ4n) is 4.93. The zero-order valence-electron chi connectivity index (χ0n) is 22.2. The maximum absolute atomic E-state index is 13.5. The predicted molar refractivity (Wildman–Crippen MR) is 129 cm³/mol. The predicted octanol–water partition coefficient (Wildman–Crippen LogP) is 2.68. The largest absolute Gasteiger partial charge is 0.379 e. The Labute approximate surface area is 200 Å². The highest BCUT2D eigenvalue weighted by atomic mass is 16.5. The fraction of sp³-hybridized carbons (Fsp3) is 0.880. The summed E-state index contributed by atoms with van der Waals surface area (Å²) >= 11 is 0. The van der Waals surface area contributed by atoms with Crippen molar-refractivity contribution in [2.45, 2.75) is 91.5 Å². The summed E-state index contributed by atoms with van der Waals surface area (Å²) in [6.07, 6.45) is 1.75. The molecular weight excluding hydrogens is 422 g/mol. The van der Waals surface area contributed by atoms with Crippen LogP contribution in [-0.2, 0) is 23.9 Å². The minimum absolute atomic E-state index is 0.0471. The Bertz CT molecular complexity index is 656. The van der Waals surface area contributed by atoms with Crippen LogP contribution in [0.5, 0.6) is 0 Å². The molecule has 192 valence electrons. The Morgan fingerprint density at radius 1 is 1.06 bits per heavy atom. The van der Waals surface area contributed by atoms with Crippen LogP contribution in [0.15, 0.2) is 0 Å². The van der Waals surface area contributed by atoms with Gasteiger partial charge in [0.1, 0.15) is 0 Å². The first-order valence-corrected chi connectivity index (χ1v) is 12.3. The van der Waals surface area contributed by atoms with Crippen molar-refractivity contribution in [3.05, 3.63) is 0 Å². The summed E-state index contributed by atoms with van der Waals surface area (Å²) in [6, 6.07) is -0.425. The number of hydrogen-bond donors (Lipinski definition) is 1. The van der Waals surface area contributed by atoms with E-state index < -0.39 is 24.0 Å². The number of likely N-dealkylation sites (tertiary alicyclic amines) is 1. The standard InChI is InChI=1S/C25H47N3O5/c1-10-16(4)22(27(7)25(31)17(5)15(2)3)20(32-8)14-21(29)28-13-11-12-19(28)23(33-9)18(6)24(26)30/h15-20,22-23H,10-14H2,1-9H3,(H2,26,30)/t16?,17-,18+,19-,20?,22-,23+/m0/s1. The van der Waals surface area contributed by atoms with Gasteiger partial charge in [0.25, 0.3) is 0 Å². The maximum Gasteiger partial charge on any atom is 0.225 e. The molecule has 0 aromatic rings. The third kappa shape index (κ3) is 7.15. The summed E-state index contributed by atoms with van der Waals surface area (Å²) in [6.45, 7) is 12.6. The minimum atomic E-state index is -0.499. The number of nitrogens with zero attached hydrogens (tertiary/aromatic N) is 2. The van der Waals surface area contributed by atoms with Gasteiger partial charge in [-0.05, 0) is 24.7 Å². The summed E-state index contributed by atoms with van der Waals surface area (Å²) < 4.78 is 11.4. The molecule has 1 aliphatic heterocycles. The number of primary amides is 1. The van der Waals surface area contributed by atoms with Crippen LogP contribution in [0.4, 0.5) is 0 Å². The number of rotatable bonds is 13. The highest BCUT2D eigenvalue weighted by Gasteiger charge is 2.41. The minimum Gasteiger partial charge on any atom is -0.379 e. The highest BCUT2D eigenvalue weighted by Crippen LogP contribution is 2.29. The van der Waals surface area contributed by atoms with Gasteiger partial charge in [-0.15, -0.1) is 0 Å². The van der Waals surface area contributed by atoms with Gasteiger partial charge in [-0.25, -0.2) is 0 Å². The van der Waals surface area contributed by atoms with Gasteiger partial charge in [-0.3, -0.25) is 14.4 Å². The molecule has 33 heavy (non-hydrogen) atoms. The van der Waals surface area contributed by atoms with E-state index in [1.54, 1.807) is 26.0 Å². The van der Waals surface area contributed by atoms with Gasteiger partial charge >= 0.3 is 0 Å². The molecule has 8 nitrogen and oxygen atoms in total. The SMILES string of the molecule is CCC(C)[C@@H](C(CC(=O)N1CCC[C@H]1[C@H](OC)[C@@H](C)C(N)=O)OC)N(C)C(=O)[C@@H](C)C(C)C. The van der Waals surface area contributed by atoms with E-state index in [0.29, 0.717) is 6.54 Å². The molecule has 0 aromatic heterocycles. The van der Waals surface area contributed by atoms with Gasteiger partial charge in [0, 0.05) is 33.7 Å². The first-order chi connectivity index (χ1) is 15.4. The second-order valence-corrected chi connectivity index (χ2v) is 10.0. The van der Waals surface area contributed by atoms with Gasteiger partial charge < -0.3 is 25.0 Å². The second-order valence-electron chi connectivity index (χ2n) is 10.0. The average Bonchev–Trinajstić information content (AvgIpc) is 3.26. The second kappa shape index (κ2) is 13.3. The number of hydrogen-bond acceptors (Lipinski definition) is 5. The molecule has 0 radical (unpaired) electrons. The van der Waals surface area contributed by atoms with Gasteiger partial charge in [-0.1, -0.05) is 48.0 Å². The van der Waals surface area contributed by atoms with Gasteiger partial charge in [0.05, 0.1) is 36.6 Å². The lowest BCUT2D eigenvalue weighted by molar-refractivity contribution is -0.147. The average molecular weight is 470 g/mol. The van der Waals surface area contributed by atoms with Crippen molar-refractivity contribution >= 4 is 17.7 Å². The van der Waals surface area contributed by atoms with E-state index in [0.717, 1.165) is 19.3 Å². The van der Waals surface area contributed by atoms with E-state index in [4.69, 9.17) is 15.2 Å². The molecule has 0 spiro atoms. The third-order valence-electron chi connectivity index (χ3n) is 7.68. The Morgan fingerprint density at radius 3 is 2.12 bits per heavy atom. The summed E-state index contributed by atoms with van der Waals surface area (Å²) in [7, 11) is 4.98. The maximum atomic E-state index is 13.5. The molecule has 3 amide bonds. The lowest BCUT2D eigenvalue weighted by Crippen LogP contribution is -2.53. The molecule has 8 heteroatoms. The van der Waals surface area contributed by atoms with E-state index in [-0.39, 0.29) is 48.1 Å². The summed E-state index contributed by atoms with van der Waals surface area (Å²) in [5.41, 5.74) is 5.52. The van der Waals surface area contributed by atoms with Crippen molar-refractivity contribution in [2.75, 3.05) is 27.8 Å². The fourth-order valence-corrected chi connectivity index (χ4v) is 4.93. The Morgan fingerprint density at radius 2 is 1.67 bits per heavy atom. The molecule has 0 bridgehead atoms. The number of likely N-dealkylation sites (N-methyl/N-ethyl adjacent to an activating group) is 1. The Kier molecular flexibility index (Phi) is 11.8. The first kappa shape index (κ1) is 29.4. The summed E-state index contributed by atoms with van der Waals surface area (Å²) in [5.74, 6) is -0.646. The van der Waals surface area contributed by atoms with Crippen LogP contribution >= 0.6 is 0 Å². The van der Waals surface area contributed by atoms with Crippen LogP contribution in [-0.4, -0.2) is 79.6 Å². The first-order valence-electron chi connectivity index (χ1n) is 12.3. The molecule has 1 rings (SSSR count). The van der Waals surface area contributed by atoms with Crippen LogP contribution < -0.4 is 5.73 Å². The van der Waals surface area contributed by atoms with E-state index in [9.17, 15) is 14.4 Å². The smallest absolute Gasteiger partial charge is 0.225 e. The Hall–Kier alpha value is -1.67. The Balaban J connectivity index is 3.11. The molecule has 0 aromatic carbocycles. The van der Waals surface area contributed by atoms with Crippen molar-refractivity contribution in [1.82, 2.24) is 9.80 Å². The molecule has 1 fully saturated rings. The van der Waals surface area contributed by atoms with Crippen molar-refractivity contribution in [1.29, 1.82) is 0 Å². The topological polar surface area (TPSA) is 102 Å². The highest BCUT2D eigenvalue weighted by molar-refractivity contribution is 5.80. The molecule has 0 saturated carbocycles. The van der Waals surface area contributed by atoms with Crippen LogP contribution in [0.25, 0.3) is 0 Å². The molecule has 0 aliphatic carbocycles. The zero-order chi connectivity index (χ0) is 25.5. The number of methoxy groups -OCH3 is 2. The lowest BCUT2D eigenvalue weighted by Gasteiger charge is -2.40. The monoisotopic (exact) mass is 469 g/mol. The normalized spacial score (nSPS) is 21.9. The number of nitrogens with two attached hydrogens (primary N) is 1. The quantitative estimate of drug-likeness (QED) is 0.447. The van der Waals surface area contributed by atoms with E-state index in [2.05, 4.69) is 13.8 Å². The molecule has 7 atom stereocenters. The molecule has 1 heterocycles. The van der Waals surface area contributed by atoms with Crippen LogP contribution in [0, 0.1) is 23.7 Å². The molecule has 2 N–H and O–H groups in total. The van der Waals surface area contributed by atoms with Gasteiger partial charge in [0.15, 0.2) is 0 Å². The van der Waals surface area contributed by atoms with Gasteiger partial charge in [0.2, 0.25) is 17.7 Å². The van der Waals surface area contributed by atoms with Gasteiger partial charge in [-0.2, -0.15) is 0 Å². The lowest BCUT2D eigenvalue weighted by atomic mass is 9.88. The zero-order valence-corrected chi connectivity index (χ0v) is 22.2. The van der Waals surface area contributed by atoms with Crippen molar-refractivity contribution in [3.8, 4) is 0 Å². The molecule has 1 aliphatic rings. The summed E-state index contributed by atoms with van der Waals surface area (Å²) in [4.78, 5) is 42.0. The number of carbonyl (C=O) groups excluding carboxylic acids is 3. The van der Waals surface area contributed by atoms with Crippen LogP contribution in [0.2, 0.25) is 0 Å². The third-order valence-corrected chi connectivity index (χ3v) is 7.68. The van der Waals surface area contributed by atoms with E-state index in [1.807, 2.05) is 32.7 Å². The van der Waals surface area contributed by atoms with Crippen LogP contribution in [0.3, 0.4) is 0 Å². The van der Waals surface area contributed by atoms with Crippen molar-refractivity contribution < 1.29 is 23.9 Å². The number of carbonyl (C=O) groups is 3. The van der Waals surface area contributed by atoms with Crippen molar-refractivity contribution in [2.24, 2.45) is 29.4 Å². The van der Waals surface area contributed by atoms with E-state index in [1.165, 1.54) is 0 Å². The number of amides is 3. The molecule has 1 saturated heterocycles.